The van der Waals surface area contributed by atoms with Crippen LogP contribution in [0.5, 0.6) is 0 Å². The maximum absolute atomic E-state index is 9.21. The summed E-state index contributed by atoms with van der Waals surface area (Å²) < 4.78 is 10.6. The average molecular weight is 182 g/mol. The van der Waals surface area contributed by atoms with E-state index in [1.54, 1.807) is 6.92 Å². The molecule has 1 aliphatic heterocycles. The molecule has 2 atom stereocenters. The molecule has 0 saturated carbocycles. The van der Waals surface area contributed by atoms with Crippen molar-refractivity contribution in [2.24, 2.45) is 0 Å². The highest BCUT2D eigenvalue weighted by Gasteiger charge is 2.26. The standard InChI is InChI=1S/C10H14O3/c1-7(11)4-8-2-3-9-10(5-8)13-6-12-9/h2-3,7,10-11H,4-6H2,1H3/t7-,10?/m0/s1. The summed E-state index contributed by atoms with van der Waals surface area (Å²) in [6, 6.07) is 0. The van der Waals surface area contributed by atoms with E-state index in [2.05, 4.69) is 0 Å². The van der Waals surface area contributed by atoms with E-state index in [0.717, 1.165) is 18.6 Å². The molecule has 72 valence electrons. The number of hydrogen-bond acceptors (Lipinski definition) is 3. The van der Waals surface area contributed by atoms with Crippen LogP contribution < -0.4 is 0 Å². The van der Waals surface area contributed by atoms with Crippen molar-refractivity contribution in [3.63, 3.8) is 0 Å². The van der Waals surface area contributed by atoms with Gasteiger partial charge in [-0.2, -0.15) is 0 Å². The first-order valence-corrected chi connectivity index (χ1v) is 4.58. The second-order valence-electron chi connectivity index (χ2n) is 3.57. The quantitative estimate of drug-likeness (QED) is 0.700. The maximum atomic E-state index is 9.21. The van der Waals surface area contributed by atoms with E-state index in [1.807, 2.05) is 12.2 Å². The second kappa shape index (κ2) is 3.52. The number of allylic oxidation sites excluding steroid dienone is 2. The Balaban J connectivity index is 2.02. The third-order valence-corrected chi connectivity index (χ3v) is 2.30. The molecule has 0 spiro atoms. The molecular formula is C10H14O3. The van der Waals surface area contributed by atoms with Crippen LogP contribution >= 0.6 is 0 Å². The Morgan fingerprint density at radius 2 is 2.46 bits per heavy atom. The molecular weight excluding hydrogens is 168 g/mol. The predicted octanol–water partition coefficient (Wildman–Crippen LogP) is 1.34. The molecule has 2 rings (SSSR count). The summed E-state index contributed by atoms with van der Waals surface area (Å²) in [6.07, 6.45) is 5.37. The first kappa shape index (κ1) is 8.78. The second-order valence-corrected chi connectivity index (χ2v) is 3.57. The smallest absolute Gasteiger partial charge is 0.189 e. The monoisotopic (exact) mass is 182 g/mol. The van der Waals surface area contributed by atoms with Crippen LogP contribution in [0.2, 0.25) is 0 Å². The van der Waals surface area contributed by atoms with Crippen molar-refractivity contribution in [1.29, 1.82) is 0 Å². The zero-order chi connectivity index (χ0) is 9.26. The maximum Gasteiger partial charge on any atom is 0.189 e. The van der Waals surface area contributed by atoms with Gasteiger partial charge in [0.1, 0.15) is 11.9 Å². The molecule has 1 saturated heterocycles. The van der Waals surface area contributed by atoms with Crippen LogP contribution in [0.25, 0.3) is 0 Å². The molecule has 2 aliphatic rings. The number of rotatable bonds is 2. The van der Waals surface area contributed by atoms with Gasteiger partial charge in [0.2, 0.25) is 0 Å². The zero-order valence-corrected chi connectivity index (χ0v) is 7.69. The van der Waals surface area contributed by atoms with Crippen LogP contribution in [-0.4, -0.2) is 24.1 Å². The number of aliphatic hydroxyl groups excluding tert-OH is 1. The van der Waals surface area contributed by atoms with E-state index in [-0.39, 0.29) is 12.2 Å². The normalized spacial score (nSPS) is 28.6. The summed E-state index contributed by atoms with van der Waals surface area (Å²) in [5, 5.41) is 9.21. The van der Waals surface area contributed by atoms with Gasteiger partial charge >= 0.3 is 0 Å². The summed E-state index contributed by atoms with van der Waals surface area (Å²) in [5.41, 5.74) is 1.23. The number of fused-ring (bicyclic) bond motifs is 1. The summed E-state index contributed by atoms with van der Waals surface area (Å²) >= 11 is 0. The van der Waals surface area contributed by atoms with E-state index < -0.39 is 0 Å². The van der Waals surface area contributed by atoms with Gasteiger partial charge in [0.25, 0.3) is 0 Å². The van der Waals surface area contributed by atoms with Gasteiger partial charge in [-0.25, -0.2) is 0 Å². The molecule has 3 heteroatoms. The lowest BCUT2D eigenvalue weighted by atomic mass is 9.97. The zero-order valence-electron chi connectivity index (χ0n) is 7.69. The van der Waals surface area contributed by atoms with Crippen LogP contribution in [0.4, 0.5) is 0 Å². The minimum Gasteiger partial charge on any atom is -0.469 e. The summed E-state index contributed by atoms with van der Waals surface area (Å²) in [5.74, 6) is 0.925. The van der Waals surface area contributed by atoms with Gasteiger partial charge in [0, 0.05) is 6.42 Å². The SMILES string of the molecule is C[C@H](O)CC1=CC=C2OCOC2C1. The van der Waals surface area contributed by atoms with Crippen molar-refractivity contribution >= 4 is 0 Å². The number of hydrogen-bond donors (Lipinski definition) is 1. The van der Waals surface area contributed by atoms with Gasteiger partial charge in [-0.1, -0.05) is 11.6 Å². The van der Waals surface area contributed by atoms with Gasteiger partial charge in [-0.05, 0) is 19.4 Å². The highest BCUT2D eigenvalue weighted by Crippen LogP contribution is 2.29. The highest BCUT2D eigenvalue weighted by molar-refractivity contribution is 5.25. The molecule has 0 radical (unpaired) electrons. The van der Waals surface area contributed by atoms with Crippen molar-refractivity contribution in [3.05, 3.63) is 23.5 Å². The van der Waals surface area contributed by atoms with Crippen molar-refractivity contribution in [1.82, 2.24) is 0 Å². The molecule has 0 aromatic rings. The molecule has 0 bridgehead atoms. The van der Waals surface area contributed by atoms with Crippen molar-refractivity contribution in [2.75, 3.05) is 6.79 Å². The summed E-state index contributed by atoms with van der Waals surface area (Å²) in [7, 11) is 0. The molecule has 1 aliphatic carbocycles. The lowest BCUT2D eigenvalue weighted by Crippen LogP contribution is -2.14. The first-order chi connectivity index (χ1) is 6.25. The predicted molar refractivity (Wildman–Crippen MR) is 47.9 cm³/mol. The van der Waals surface area contributed by atoms with Crippen LogP contribution in [-0.2, 0) is 9.47 Å². The van der Waals surface area contributed by atoms with E-state index in [4.69, 9.17) is 9.47 Å². The Bertz CT molecular complexity index is 253. The van der Waals surface area contributed by atoms with Crippen LogP contribution in [0.15, 0.2) is 23.5 Å². The fourth-order valence-corrected chi connectivity index (χ4v) is 1.71. The van der Waals surface area contributed by atoms with Crippen LogP contribution in [0.1, 0.15) is 19.8 Å². The Hall–Kier alpha value is -0.800. The molecule has 1 unspecified atom stereocenters. The molecule has 1 fully saturated rings. The third kappa shape index (κ3) is 1.92. The van der Waals surface area contributed by atoms with Gasteiger partial charge < -0.3 is 14.6 Å². The Morgan fingerprint density at radius 3 is 3.23 bits per heavy atom. The summed E-state index contributed by atoms with van der Waals surface area (Å²) in [6.45, 7) is 2.17. The largest absolute Gasteiger partial charge is 0.469 e. The first-order valence-electron chi connectivity index (χ1n) is 4.58. The summed E-state index contributed by atoms with van der Waals surface area (Å²) in [4.78, 5) is 0. The molecule has 3 nitrogen and oxygen atoms in total. The Labute approximate surface area is 77.7 Å². The highest BCUT2D eigenvalue weighted by atomic mass is 16.7. The van der Waals surface area contributed by atoms with Crippen LogP contribution in [0.3, 0.4) is 0 Å². The van der Waals surface area contributed by atoms with E-state index in [1.165, 1.54) is 5.57 Å². The third-order valence-electron chi connectivity index (χ3n) is 2.30. The van der Waals surface area contributed by atoms with Crippen molar-refractivity contribution < 1.29 is 14.6 Å². The molecule has 0 amide bonds. The van der Waals surface area contributed by atoms with Crippen molar-refractivity contribution in [3.8, 4) is 0 Å². The minimum absolute atomic E-state index is 0.0961. The van der Waals surface area contributed by atoms with E-state index in [0.29, 0.717) is 6.79 Å². The molecule has 0 aromatic carbocycles. The average Bonchev–Trinajstić information content (AvgIpc) is 2.49. The molecule has 13 heavy (non-hydrogen) atoms. The Kier molecular flexibility index (Phi) is 2.38. The lowest BCUT2D eigenvalue weighted by molar-refractivity contribution is 0.0494. The van der Waals surface area contributed by atoms with E-state index in [9.17, 15) is 5.11 Å². The van der Waals surface area contributed by atoms with Crippen molar-refractivity contribution in [2.45, 2.75) is 32.0 Å². The van der Waals surface area contributed by atoms with Gasteiger partial charge in [-0.3, -0.25) is 0 Å². The number of aliphatic hydroxyl groups is 1. The minimum atomic E-state index is -0.275. The number of ether oxygens (including phenoxy) is 2. The molecule has 1 N–H and O–H groups in total. The van der Waals surface area contributed by atoms with E-state index >= 15 is 0 Å². The molecule has 1 heterocycles. The topological polar surface area (TPSA) is 38.7 Å². The molecule has 0 aromatic heterocycles. The van der Waals surface area contributed by atoms with Gasteiger partial charge in [0.05, 0.1) is 6.10 Å². The van der Waals surface area contributed by atoms with Crippen LogP contribution in [0, 0.1) is 0 Å². The fourth-order valence-electron chi connectivity index (χ4n) is 1.71. The van der Waals surface area contributed by atoms with Gasteiger partial charge in [-0.15, -0.1) is 0 Å². The lowest BCUT2D eigenvalue weighted by Gasteiger charge is -2.16. The van der Waals surface area contributed by atoms with Gasteiger partial charge in [0.15, 0.2) is 6.79 Å². The fraction of sp³-hybridized carbons (Fsp3) is 0.600. The Morgan fingerprint density at radius 1 is 1.62 bits per heavy atom.